The predicted octanol–water partition coefficient (Wildman–Crippen LogP) is 5.96. The van der Waals surface area contributed by atoms with E-state index < -0.39 is 0 Å². The van der Waals surface area contributed by atoms with Gasteiger partial charge in [-0.05, 0) is 161 Å². The van der Waals surface area contributed by atoms with Gasteiger partial charge in [0.25, 0.3) is 35.4 Å². The van der Waals surface area contributed by atoms with Crippen LogP contribution >= 0.6 is 0 Å². The maximum absolute atomic E-state index is 12.6. The van der Waals surface area contributed by atoms with Crippen molar-refractivity contribution in [2.45, 2.75) is 52.4 Å². The van der Waals surface area contributed by atoms with Crippen molar-refractivity contribution >= 4 is 53.3 Å². The minimum Gasteiger partial charge on any atom is -0.369 e. The number of hydrogen-bond acceptors (Lipinski definition) is 14. The summed E-state index contributed by atoms with van der Waals surface area (Å²) in [7, 11) is 0. The minimum atomic E-state index is -0.223. The fourth-order valence-corrected chi connectivity index (χ4v) is 11.9. The zero-order valence-electron chi connectivity index (χ0n) is 51.4. The lowest BCUT2D eigenvalue weighted by molar-refractivity contribution is 0.0910. The van der Waals surface area contributed by atoms with E-state index in [-0.39, 0.29) is 71.0 Å². The third kappa shape index (κ3) is 17.2. The second kappa shape index (κ2) is 30.5. The van der Waals surface area contributed by atoms with Crippen molar-refractivity contribution in [2.24, 2.45) is 35.5 Å². The van der Waals surface area contributed by atoms with Gasteiger partial charge in [0, 0.05) is 91.0 Å². The number of nitrogens with two attached hydrogens (primary N) is 3. The molecule has 92 heavy (non-hydrogen) atoms. The molecule has 23 heteroatoms. The van der Waals surface area contributed by atoms with Gasteiger partial charge < -0.3 is 64.1 Å². The third-order valence-corrected chi connectivity index (χ3v) is 17.1. The molecule has 5 aromatic heterocycles. The van der Waals surface area contributed by atoms with Crippen LogP contribution < -0.4 is 49.1 Å². The van der Waals surface area contributed by atoms with Gasteiger partial charge in [0.1, 0.15) is 11.4 Å². The smallest absolute Gasteiger partial charge is 0.269 e. The van der Waals surface area contributed by atoms with E-state index in [1.165, 1.54) is 0 Å². The molecule has 0 aliphatic heterocycles. The van der Waals surface area contributed by atoms with Crippen LogP contribution in [-0.2, 0) is 38.5 Å². The maximum atomic E-state index is 12.6. The molecule has 5 heterocycles. The number of pyridine rings is 2. The van der Waals surface area contributed by atoms with Crippen molar-refractivity contribution in [3.05, 3.63) is 237 Å². The second-order valence-corrected chi connectivity index (χ2v) is 23.6. The Bertz CT molecular complexity index is 3540. The number of H-pyrrole nitrogens is 3. The highest BCUT2D eigenvalue weighted by Gasteiger charge is 2.35. The first-order valence-corrected chi connectivity index (χ1v) is 30.8. The van der Waals surface area contributed by atoms with Gasteiger partial charge in [-0.1, -0.05) is 83.9 Å². The molecule has 0 bridgehead atoms. The number of nitrogen functional groups attached to an aromatic ring is 3. The second-order valence-electron chi connectivity index (χ2n) is 23.6. The van der Waals surface area contributed by atoms with E-state index in [1.54, 1.807) is 73.1 Å². The van der Waals surface area contributed by atoms with Crippen molar-refractivity contribution in [1.29, 1.82) is 0 Å². The number of aromatic nitrogens is 8. The number of hydrogen-bond donors (Lipinski definition) is 12. The first-order valence-electron chi connectivity index (χ1n) is 30.8. The Morgan fingerprint density at radius 3 is 0.891 bits per heavy atom. The molecule has 15 N–H and O–H groups in total. The first kappa shape index (κ1) is 64.0. The molecular weight excluding hydrogens is 1160 g/mol. The summed E-state index contributed by atoms with van der Waals surface area (Å²) in [5.41, 5.74) is 28.9. The number of aryl methyl sites for hydroxylation is 2. The standard InChI is InChI=1S/C25H29N5O2.C23H25N5O2.C21H23N7O2/c1-15-3-7-17(8-4-15)23(31)27-13-19-11-21-22(30-25(26)29-21)12-20(19)14-28-24(32)18-9-5-16(2)6-10-18;24-23-27-19-11-17(13-25-21(29)15-7-3-1-4-8-15)18(12-20(19)28-23)14-26-22(30)16-9-5-2-6-10-16;22-21-27-17-9-13(11-25-19(29)15-5-1-3-7-23-15)14(10-18(17)28-21)12-26-20(30)16-6-2-4-8-24-16/h3-10,19-20H,11-14H2,1-2H3,(H,27,31)(H,28,32)(H3,26,29,30);1-10,17-18H,11-14H2,(H,25,29)(H,26,30)(H3,24,27,28);1-8,13-14H,9-12H2,(H,25,29)(H,26,30)(H3,22,27,28). The molecule has 0 fully saturated rings. The Morgan fingerprint density at radius 2 is 0.609 bits per heavy atom. The number of carbonyl (C=O) groups excluding carboxylic acids is 6. The van der Waals surface area contributed by atoms with Gasteiger partial charge in [-0.15, -0.1) is 0 Å². The van der Waals surface area contributed by atoms with Crippen LogP contribution in [-0.4, -0.2) is 115 Å². The number of amides is 6. The van der Waals surface area contributed by atoms with Crippen LogP contribution in [0.2, 0.25) is 0 Å². The first-order chi connectivity index (χ1) is 44.6. The van der Waals surface area contributed by atoms with E-state index in [9.17, 15) is 28.8 Å². The zero-order chi connectivity index (χ0) is 64.5. The highest BCUT2D eigenvalue weighted by molar-refractivity contribution is 5.96. The molecule has 12 rings (SSSR count). The molecule has 0 saturated carbocycles. The number of imidazole rings is 3. The van der Waals surface area contributed by atoms with Crippen LogP contribution in [0.3, 0.4) is 0 Å². The molecule has 3 aliphatic carbocycles. The number of benzene rings is 4. The quantitative estimate of drug-likeness (QED) is 0.0472. The maximum Gasteiger partial charge on any atom is 0.269 e. The van der Waals surface area contributed by atoms with Crippen LogP contribution in [0.25, 0.3) is 0 Å². The van der Waals surface area contributed by atoms with Crippen molar-refractivity contribution < 1.29 is 28.8 Å². The zero-order valence-corrected chi connectivity index (χ0v) is 51.4. The molecule has 23 nitrogen and oxygen atoms in total. The number of nitrogens with one attached hydrogen (secondary N) is 9. The summed E-state index contributed by atoms with van der Waals surface area (Å²) < 4.78 is 0. The molecule has 6 amide bonds. The number of carbonyl (C=O) groups is 6. The molecule has 6 atom stereocenters. The lowest BCUT2D eigenvalue weighted by Crippen LogP contribution is -2.42. The lowest BCUT2D eigenvalue weighted by Gasteiger charge is -2.31. The molecule has 9 aromatic rings. The Morgan fingerprint density at radius 1 is 0.348 bits per heavy atom. The van der Waals surface area contributed by atoms with Gasteiger partial charge in [-0.25, -0.2) is 15.0 Å². The summed E-state index contributed by atoms with van der Waals surface area (Å²) >= 11 is 0. The van der Waals surface area contributed by atoms with Crippen LogP contribution in [0.15, 0.2) is 158 Å². The molecule has 0 saturated heterocycles. The summed E-state index contributed by atoms with van der Waals surface area (Å²) in [6.45, 7) is 6.92. The number of rotatable bonds is 18. The highest BCUT2D eigenvalue weighted by Crippen LogP contribution is 2.32. The van der Waals surface area contributed by atoms with Gasteiger partial charge in [-0.3, -0.25) is 38.7 Å². The largest absolute Gasteiger partial charge is 0.369 e. The predicted molar refractivity (Wildman–Crippen MR) is 350 cm³/mol. The van der Waals surface area contributed by atoms with Gasteiger partial charge in [0.2, 0.25) is 0 Å². The minimum absolute atomic E-state index is 0.0943. The number of nitrogens with zero attached hydrogens (tertiary/aromatic N) is 5. The third-order valence-electron chi connectivity index (χ3n) is 17.1. The molecule has 0 spiro atoms. The van der Waals surface area contributed by atoms with Crippen LogP contribution in [0, 0.1) is 49.4 Å². The number of fused-ring (bicyclic) bond motifs is 3. The van der Waals surface area contributed by atoms with Gasteiger partial charge in [0.05, 0.1) is 17.1 Å². The van der Waals surface area contributed by atoms with Crippen molar-refractivity contribution in [1.82, 2.24) is 71.8 Å². The summed E-state index contributed by atoms with van der Waals surface area (Å²) in [5.74, 6) is 1.14. The molecule has 474 valence electrons. The summed E-state index contributed by atoms with van der Waals surface area (Å²) in [6.07, 6.45) is 7.36. The average Bonchev–Trinajstić information content (AvgIpc) is 1.69. The van der Waals surface area contributed by atoms with Gasteiger partial charge in [-0.2, -0.15) is 0 Å². The Hall–Kier alpha value is -11.0. The van der Waals surface area contributed by atoms with Crippen LogP contribution in [0.4, 0.5) is 17.8 Å². The molecule has 0 radical (unpaired) electrons. The normalized spacial score (nSPS) is 17.6. The lowest BCUT2D eigenvalue weighted by atomic mass is 9.79. The summed E-state index contributed by atoms with van der Waals surface area (Å²) in [5, 5.41) is 18.1. The number of anilines is 3. The summed E-state index contributed by atoms with van der Waals surface area (Å²) in [6, 6.07) is 43.8. The van der Waals surface area contributed by atoms with E-state index in [4.69, 9.17) is 17.2 Å². The Kier molecular flexibility index (Phi) is 21.2. The molecular formula is C69H77N17O6. The molecule has 4 aromatic carbocycles. The van der Waals surface area contributed by atoms with Crippen molar-refractivity contribution in [3.8, 4) is 0 Å². The van der Waals surface area contributed by atoms with E-state index >= 15 is 0 Å². The van der Waals surface area contributed by atoms with Crippen molar-refractivity contribution in [3.63, 3.8) is 0 Å². The van der Waals surface area contributed by atoms with Crippen LogP contribution in [0.5, 0.6) is 0 Å². The number of aromatic amines is 3. The van der Waals surface area contributed by atoms with Gasteiger partial charge >= 0.3 is 0 Å². The Labute approximate surface area is 532 Å². The Balaban J connectivity index is 0.000000151. The topological polar surface area (TPSA) is 364 Å². The highest BCUT2D eigenvalue weighted by atomic mass is 16.2. The van der Waals surface area contributed by atoms with Gasteiger partial charge in [0.15, 0.2) is 17.8 Å². The van der Waals surface area contributed by atoms with Crippen molar-refractivity contribution in [2.75, 3.05) is 56.5 Å². The van der Waals surface area contributed by atoms with E-state index in [0.717, 1.165) is 58.1 Å². The van der Waals surface area contributed by atoms with E-state index in [1.807, 2.05) is 98.8 Å². The monoisotopic (exact) mass is 1240 g/mol. The van der Waals surface area contributed by atoms with E-state index in [2.05, 4.69) is 71.8 Å². The fourth-order valence-electron chi connectivity index (χ4n) is 11.9. The average molecular weight is 1240 g/mol. The van der Waals surface area contributed by atoms with E-state index in [0.29, 0.717) is 116 Å². The summed E-state index contributed by atoms with van der Waals surface area (Å²) in [4.78, 5) is 106. The van der Waals surface area contributed by atoms with Crippen LogP contribution in [0.1, 0.15) is 108 Å². The fraction of sp³-hybridized carbons (Fsp3) is 0.290. The SMILES string of the molecule is Cc1ccc(C(=O)NCC2Cc3nc(N)[nH]c3CC2CNC(=O)c2ccc(C)cc2)cc1.Nc1nc2c([nH]1)CC(CNC(=O)c1ccccc1)C(CNC(=O)c1ccccc1)C2.Nc1nc2c([nH]1)CC(CNC(=O)c1ccccn1)C(CNC(=O)c1ccccn1)C2. The molecule has 6 unspecified atom stereocenters. The molecule has 3 aliphatic rings.